The highest BCUT2D eigenvalue weighted by Gasteiger charge is 2.15. The summed E-state index contributed by atoms with van der Waals surface area (Å²) in [5, 5.41) is 4.19. The Morgan fingerprint density at radius 3 is 2.82 bits per heavy atom. The highest BCUT2D eigenvalue weighted by Crippen LogP contribution is 2.17. The van der Waals surface area contributed by atoms with Gasteiger partial charge in [0.05, 0.1) is 0 Å². The molecule has 1 aromatic heterocycles. The van der Waals surface area contributed by atoms with Gasteiger partial charge in [-0.25, -0.2) is 4.98 Å². The molecule has 0 fully saturated rings. The minimum absolute atomic E-state index is 0.125. The summed E-state index contributed by atoms with van der Waals surface area (Å²) in [5.41, 5.74) is 0.125. The summed E-state index contributed by atoms with van der Waals surface area (Å²) < 4.78 is 3.91. The Kier molecular flexibility index (Phi) is 2.44. The van der Waals surface area contributed by atoms with E-state index < -0.39 is 0 Å². The summed E-state index contributed by atoms with van der Waals surface area (Å²) in [6, 6.07) is 0. The predicted octanol–water partition coefficient (Wildman–Crippen LogP) is 2.14. The van der Waals surface area contributed by atoms with Crippen molar-refractivity contribution >= 4 is 16.7 Å². The second-order valence-electron chi connectivity index (χ2n) is 3.11. The highest BCUT2D eigenvalue weighted by atomic mass is 32.1. The molecule has 0 saturated heterocycles. The van der Waals surface area contributed by atoms with E-state index in [-0.39, 0.29) is 5.54 Å². The molecule has 0 aliphatic carbocycles. The molecule has 0 atom stereocenters. The van der Waals surface area contributed by atoms with Gasteiger partial charge in [-0.15, -0.1) is 0 Å². The molecule has 0 aromatic carbocycles. The average molecular weight is 171 g/mol. The van der Waals surface area contributed by atoms with Gasteiger partial charge in [0.25, 0.3) is 0 Å². The molecule has 11 heavy (non-hydrogen) atoms. The molecule has 1 N–H and O–H groups in total. The van der Waals surface area contributed by atoms with Crippen LogP contribution in [0.1, 0.15) is 27.2 Å². The fourth-order valence-electron chi connectivity index (χ4n) is 0.606. The normalized spacial score (nSPS) is 11.5. The number of rotatable bonds is 3. The summed E-state index contributed by atoms with van der Waals surface area (Å²) in [4.78, 5) is 4.05. The van der Waals surface area contributed by atoms with Crippen LogP contribution in [0.15, 0.2) is 6.33 Å². The molecule has 3 nitrogen and oxygen atoms in total. The Hall–Kier alpha value is -0.640. The van der Waals surface area contributed by atoms with Crippen molar-refractivity contribution in [2.45, 2.75) is 32.7 Å². The van der Waals surface area contributed by atoms with Crippen LogP contribution >= 0.6 is 11.5 Å². The fraction of sp³-hybridized carbons (Fsp3) is 0.714. The first-order valence-corrected chi connectivity index (χ1v) is 4.46. The van der Waals surface area contributed by atoms with Crippen LogP contribution in [0.25, 0.3) is 0 Å². The zero-order valence-corrected chi connectivity index (χ0v) is 7.90. The summed E-state index contributed by atoms with van der Waals surface area (Å²) in [7, 11) is 0. The van der Waals surface area contributed by atoms with Crippen molar-refractivity contribution in [3.63, 3.8) is 0 Å². The van der Waals surface area contributed by atoms with Crippen LogP contribution in [-0.4, -0.2) is 14.9 Å². The van der Waals surface area contributed by atoms with Crippen LogP contribution in [0.3, 0.4) is 0 Å². The highest BCUT2D eigenvalue weighted by molar-refractivity contribution is 7.09. The molecule has 1 rings (SSSR count). The van der Waals surface area contributed by atoms with E-state index in [2.05, 4.69) is 35.4 Å². The maximum absolute atomic E-state index is 4.05. The topological polar surface area (TPSA) is 37.8 Å². The van der Waals surface area contributed by atoms with Crippen molar-refractivity contribution < 1.29 is 0 Å². The molecule has 1 aromatic rings. The van der Waals surface area contributed by atoms with Gasteiger partial charge in [0.15, 0.2) is 0 Å². The minimum Gasteiger partial charge on any atom is -0.355 e. The molecule has 0 radical (unpaired) electrons. The van der Waals surface area contributed by atoms with E-state index in [1.807, 2.05) is 0 Å². The second-order valence-corrected chi connectivity index (χ2v) is 3.89. The molecule has 4 heteroatoms. The molecule has 0 spiro atoms. The van der Waals surface area contributed by atoms with Crippen LogP contribution in [0, 0.1) is 0 Å². The van der Waals surface area contributed by atoms with Crippen LogP contribution in [-0.2, 0) is 0 Å². The zero-order valence-electron chi connectivity index (χ0n) is 7.09. The third kappa shape index (κ3) is 2.46. The Morgan fingerprint density at radius 1 is 1.64 bits per heavy atom. The monoisotopic (exact) mass is 171 g/mol. The predicted molar refractivity (Wildman–Crippen MR) is 47.9 cm³/mol. The van der Waals surface area contributed by atoms with Gasteiger partial charge in [-0.3, -0.25) is 0 Å². The molecule has 0 aliphatic rings. The van der Waals surface area contributed by atoms with Crippen molar-refractivity contribution in [3.05, 3.63) is 6.33 Å². The van der Waals surface area contributed by atoms with Crippen LogP contribution in [0.2, 0.25) is 0 Å². The number of anilines is 1. The van der Waals surface area contributed by atoms with Crippen molar-refractivity contribution in [2.75, 3.05) is 5.32 Å². The molecule has 0 saturated carbocycles. The van der Waals surface area contributed by atoms with E-state index in [0.717, 1.165) is 11.6 Å². The zero-order chi connectivity index (χ0) is 8.32. The Balaban J connectivity index is 2.56. The summed E-state index contributed by atoms with van der Waals surface area (Å²) >= 11 is 1.39. The average Bonchev–Trinajstić information content (AvgIpc) is 2.39. The number of hydrogen-bond acceptors (Lipinski definition) is 4. The van der Waals surface area contributed by atoms with Crippen molar-refractivity contribution in [2.24, 2.45) is 0 Å². The maximum Gasteiger partial charge on any atom is 0.202 e. The molecular weight excluding hydrogens is 158 g/mol. The molecule has 0 bridgehead atoms. The van der Waals surface area contributed by atoms with Crippen molar-refractivity contribution in [1.29, 1.82) is 0 Å². The van der Waals surface area contributed by atoms with E-state index in [1.54, 1.807) is 6.33 Å². The quantitative estimate of drug-likeness (QED) is 0.757. The standard InChI is InChI=1S/C7H13N3S/c1-4-7(2,3)10-6-8-5-9-11-6/h5H,4H2,1-3H3,(H,8,9,10). The molecule has 0 aliphatic heterocycles. The van der Waals surface area contributed by atoms with E-state index in [4.69, 9.17) is 0 Å². The van der Waals surface area contributed by atoms with E-state index in [1.165, 1.54) is 11.5 Å². The number of nitrogens with one attached hydrogen (secondary N) is 1. The van der Waals surface area contributed by atoms with Gasteiger partial charge >= 0.3 is 0 Å². The van der Waals surface area contributed by atoms with Gasteiger partial charge in [-0.05, 0) is 20.3 Å². The summed E-state index contributed by atoms with van der Waals surface area (Å²) in [5.74, 6) is 0. The Morgan fingerprint density at radius 2 is 2.36 bits per heavy atom. The van der Waals surface area contributed by atoms with Crippen LogP contribution in [0.4, 0.5) is 5.13 Å². The third-order valence-corrected chi connectivity index (χ3v) is 2.27. The summed E-state index contributed by atoms with van der Waals surface area (Å²) in [6.45, 7) is 6.44. The molecule has 0 amide bonds. The lowest BCUT2D eigenvalue weighted by Gasteiger charge is -2.23. The third-order valence-electron chi connectivity index (χ3n) is 1.69. The SMILES string of the molecule is CCC(C)(C)Nc1ncns1. The van der Waals surface area contributed by atoms with Gasteiger partial charge < -0.3 is 5.32 Å². The first kappa shape index (κ1) is 8.46. The van der Waals surface area contributed by atoms with Gasteiger partial charge in [0.1, 0.15) is 6.33 Å². The molecule has 62 valence electrons. The van der Waals surface area contributed by atoms with Crippen LogP contribution < -0.4 is 5.32 Å². The van der Waals surface area contributed by atoms with E-state index in [9.17, 15) is 0 Å². The first-order chi connectivity index (χ1) is 5.14. The largest absolute Gasteiger partial charge is 0.355 e. The fourth-order valence-corrected chi connectivity index (χ4v) is 1.22. The van der Waals surface area contributed by atoms with E-state index in [0.29, 0.717) is 0 Å². The Labute approximate surface area is 71.0 Å². The first-order valence-electron chi connectivity index (χ1n) is 3.69. The lowest BCUT2D eigenvalue weighted by Crippen LogP contribution is -2.29. The second kappa shape index (κ2) is 3.17. The molecule has 1 heterocycles. The number of aromatic nitrogens is 2. The van der Waals surface area contributed by atoms with Gasteiger partial charge in [-0.1, -0.05) is 6.92 Å². The maximum atomic E-state index is 4.05. The van der Waals surface area contributed by atoms with E-state index >= 15 is 0 Å². The smallest absolute Gasteiger partial charge is 0.202 e. The summed E-state index contributed by atoms with van der Waals surface area (Å²) in [6.07, 6.45) is 2.64. The number of hydrogen-bond donors (Lipinski definition) is 1. The van der Waals surface area contributed by atoms with Gasteiger partial charge in [-0.2, -0.15) is 4.37 Å². The lowest BCUT2D eigenvalue weighted by atomic mass is 10.0. The van der Waals surface area contributed by atoms with Crippen molar-refractivity contribution in [1.82, 2.24) is 9.36 Å². The molecule has 0 unspecified atom stereocenters. The Bertz CT molecular complexity index is 205. The van der Waals surface area contributed by atoms with Gasteiger partial charge in [0, 0.05) is 17.1 Å². The van der Waals surface area contributed by atoms with Crippen LogP contribution in [0.5, 0.6) is 0 Å². The molecular formula is C7H13N3S. The minimum atomic E-state index is 0.125. The van der Waals surface area contributed by atoms with Crippen molar-refractivity contribution in [3.8, 4) is 0 Å². The lowest BCUT2D eigenvalue weighted by molar-refractivity contribution is 0.547. The number of nitrogens with zero attached hydrogens (tertiary/aromatic N) is 2. The van der Waals surface area contributed by atoms with Gasteiger partial charge in [0.2, 0.25) is 5.13 Å².